The minimum Gasteiger partial charge on any atom is -0.445 e. The summed E-state index contributed by atoms with van der Waals surface area (Å²) in [5.74, 6) is -0.0723. The fourth-order valence-electron chi connectivity index (χ4n) is 4.75. The molecule has 0 radical (unpaired) electrons. The molecule has 6 nitrogen and oxygen atoms in total. The Hall–Kier alpha value is -3.20. The van der Waals surface area contributed by atoms with Gasteiger partial charge in [-0.05, 0) is 56.2 Å². The van der Waals surface area contributed by atoms with Crippen LogP contribution in [0, 0.1) is 24.2 Å². The number of carbonyl (C=O) groups excluding carboxylic acids is 2. The molecule has 1 aromatic carbocycles. The van der Waals surface area contributed by atoms with Crippen molar-refractivity contribution in [3.63, 3.8) is 0 Å². The molecule has 0 spiro atoms. The van der Waals surface area contributed by atoms with E-state index in [1.165, 1.54) is 6.20 Å². The van der Waals surface area contributed by atoms with E-state index in [0.29, 0.717) is 29.7 Å². The van der Waals surface area contributed by atoms with Gasteiger partial charge in [0.25, 0.3) is 0 Å². The molecule has 0 N–H and O–H groups in total. The van der Waals surface area contributed by atoms with Crippen molar-refractivity contribution in [2.45, 2.75) is 57.7 Å². The molecular formula is C24H25N3O3. The molecule has 1 aromatic heterocycles. The van der Waals surface area contributed by atoms with E-state index < -0.39 is 0 Å². The average molecular weight is 403 g/mol. The lowest BCUT2D eigenvalue weighted by atomic mass is 9.76. The number of rotatable bonds is 4. The minimum atomic E-state index is -0.282. The van der Waals surface area contributed by atoms with Gasteiger partial charge in [-0.3, -0.25) is 4.79 Å². The zero-order chi connectivity index (χ0) is 21.1. The predicted molar refractivity (Wildman–Crippen MR) is 111 cm³/mol. The molecule has 2 unspecified atom stereocenters. The number of piperidine rings is 2. The number of amides is 1. The maximum Gasteiger partial charge on any atom is 0.410 e. The predicted octanol–water partition coefficient (Wildman–Crippen LogP) is 4.41. The highest BCUT2D eigenvalue weighted by Crippen LogP contribution is 2.38. The molecule has 3 heterocycles. The maximum absolute atomic E-state index is 13.1. The third-order valence-electron chi connectivity index (χ3n) is 6.23. The largest absolute Gasteiger partial charge is 0.445 e. The topological polar surface area (TPSA) is 83.3 Å². The maximum atomic E-state index is 13.1. The number of benzene rings is 1. The van der Waals surface area contributed by atoms with E-state index in [0.717, 1.165) is 24.8 Å². The summed E-state index contributed by atoms with van der Waals surface area (Å²) in [5.41, 5.74) is 2.57. The van der Waals surface area contributed by atoms with Crippen molar-refractivity contribution >= 4 is 11.9 Å². The van der Waals surface area contributed by atoms with Gasteiger partial charge in [-0.2, -0.15) is 5.26 Å². The Morgan fingerprint density at radius 1 is 1.20 bits per heavy atom. The summed E-state index contributed by atoms with van der Waals surface area (Å²) in [6, 6.07) is 13.5. The van der Waals surface area contributed by atoms with E-state index in [2.05, 4.69) is 4.98 Å². The summed E-state index contributed by atoms with van der Waals surface area (Å²) in [6.45, 7) is 2.05. The van der Waals surface area contributed by atoms with Crippen LogP contribution in [-0.4, -0.2) is 33.8 Å². The van der Waals surface area contributed by atoms with Crippen molar-refractivity contribution in [2.24, 2.45) is 5.92 Å². The molecular weight excluding hydrogens is 378 g/mol. The summed E-state index contributed by atoms with van der Waals surface area (Å²) < 4.78 is 5.59. The second kappa shape index (κ2) is 8.66. The van der Waals surface area contributed by atoms with E-state index >= 15 is 0 Å². The van der Waals surface area contributed by atoms with E-state index in [1.54, 1.807) is 13.0 Å². The Morgan fingerprint density at radius 2 is 1.90 bits per heavy atom. The number of nitrogens with zero attached hydrogens (tertiary/aromatic N) is 3. The van der Waals surface area contributed by atoms with Gasteiger partial charge in [-0.15, -0.1) is 0 Å². The Bertz CT molecular complexity index is 969. The highest BCUT2D eigenvalue weighted by Gasteiger charge is 2.43. The lowest BCUT2D eigenvalue weighted by molar-refractivity contribution is 0.00472. The van der Waals surface area contributed by atoms with Crippen LogP contribution < -0.4 is 0 Å². The van der Waals surface area contributed by atoms with E-state index in [9.17, 15) is 9.59 Å². The highest BCUT2D eigenvalue weighted by molar-refractivity contribution is 5.98. The minimum absolute atomic E-state index is 0.0298. The molecule has 4 rings (SSSR count). The van der Waals surface area contributed by atoms with Crippen molar-refractivity contribution in [1.29, 1.82) is 5.26 Å². The summed E-state index contributed by atoms with van der Waals surface area (Å²) >= 11 is 0. The van der Waals surface area contributed by atoms with Gasteiger partial charge in [-0.25, -0.2) is 9.78 Å². The van der Waals surface area contributed by atoms with Crippen LogP contribution in [0.5, 0.6) is 0 Å². The second-order valence-electron chi connectivity index (χ2n) is 8.22. The third-order valence-corrected chi connectivity index (χ3v) is 6.23. The van der Waals surface area contributed by atoms with Gasteiger partial charge in [0, 0.05) is 29.8 Å². The van der Waals surface area contributed by atoms with E-state index in [4.69, 9.17) is 10.00 Å². The molecule has 30 heavy (non-hydrogen) atoms. The summed E-state index contributed by atoms with van der Waals surface area (Å²) in [6.07, 6.45) is 5.37. The number of hydrogen-bond donors (Lipinski definition) is 0. The Balaban J connectivity index is 1.44. The first-order valence-corrected chi connectivity index (χ1v) is 10.5. The number of pyridine rings is 1. The van der Waals surface area contributed by atoms with Crippen molar-refractivity contribution in [3.05, 3.63) is 65.0 Å². The number of hydrogen-bond acceptors (Lipinski definition) is 5. The Kier molecular flexibility index (Phi) is 5.80. The van der Waals surface area contributed by atoms with Crippen molar-refractivity contribution in [1.82, 2.24) is 9.88 Å². The molecule has 154 valence electrons. The van der Waals surface area contributed by atoms with Crippen LogP contribution in [0.3, 0.4) is 0 Å². The number of nitriles is 1. The normalized spacial score (nSPS) is 22.8. The molecule has 2 aliphatic rings. The monoisotopic (exact) mass is 403 g/mol. The average Bonchev–Trinajstić information content (AvgIpc) is 2.76. The lowest BCUT2D eigenvalue weighted by Crippen LogP contribution is -2.55. The number of fused-ring (bicyclic) bond motifs is 2. The van der Waals surface area contributed by atoms with Gasteiger partial charge in [0.05, 0.1) is 0 Å². The molecule has 2 atom stereocenters. The fourth-order valence-corrected chi connectivity index (χ4v) is 4.75. The molecule has 2 aliphatic heterocycles. The van der Waals surface area contributed by atoms with Crippen LogP contribution in [0.1, 0.15) is 59.3 Å². The Labute approximate surface area is 176 Å². The van der Waals surface area contributed by atoms with Gasteiger partial charge in [0.1, 0.15) is 18.4 Å². The van der Waals surface area contributed by atoms with Gasteiger partial charge >= 0.3 is 6.09 Å². The number of aromatic nitrogens is 1. The van der Waals surface area contributed by atoms with Crippen molar-refractivity contribution in [3.8, 4) is 6.07 Å². The molecule has 0 saturated carbocycles. The summed E-state index contributed by atoms with van der Waals surface area (Å²) in [4.78, 5) is 31.9. The fraction of sp³-hybridized carbons (Fsp3) is 0.417. The number of ether oxygens (including phenoxy) is 1. The molecule has 0 aliphatic carbocycles. The zero-order valence-electron chi connectivity index (χ0n) is 17.1. The molecule has 2 bridgehead atoms. The number of ketones is 1. The molecule has 1 amide bonds. The van der Waals surface area contributed by atoms with Gasteiger partial charge in [0.2, 0.25) is 0 Å². The number of carbonyl (C=O) groups is 2. The van der Waals surface area contributed by atoms with Crippen molar-refractivity contribution in [2.75, 3.05) is 0 Å². The molecule has 6 heteroatoms. The second-order valence-corrected chi connectivity index (χ2v) is 8.22. The SMILES string of the molecule is Cc1cc(C(=O)C2CC3CCCC(C2)N3C(=O)OCc2ccccc2)cnc1C#N. The first-order chi connectivity index (χ1) is 14.6. The number of Topliss-reactive ketones (excluding diaryl/α,β-unsaturated/α-hetero) is 1. The molecule has 2 saturated heterocycles. The summed E-state index contributed by atoms with van der Waals surface area (Å²) in [5, 5.41) is 9.06. The molecule has 2 fully saturated rings. The summed E-state index contributed by atoms with van der Waals surface area (Å²) in [7, 11) is 0. The van der Waals surface area contributed by atoms with E-state index in [-0.39, 0.29) is 36.5 Å². The quantitative estimate of drug-likeness (QED) is 0.706. The third kappa shape index (κ3) is 4.06. The first kappa shape index (κ1) is 20.1. The lowest BCUT2D eigenvalue weighted by Gasteiger charge is -2.47. The Morgan fingerprint density at radius 3 is 2.53 bits per heavy atom. The standard InChI is InChI=1S/C24H25N3O3/c1-16-10-19(14-26-22(16)13-25)23(28)18-11-20-8-5-9-21(12-18)27(20)24(29)30-15-17-6-3-2-4-7-17/h2-4,6-7,10,14,18,20-21H,5,8-9,11-12,15H2,1H3. The van der Waals surface area contributed by atoms with Gasteiger partial charge in [0.15, 0.2) is 5.78 Å². The van der Waals surface area contributed by atoms with Crippen LogP contribution >= 0.6 is 0 Å². The first-order valence-electron chi connectivity index (χ1n) is 10.5. The highest BCUT2D eigenvalue weighted by atomic mass is 16.6. The van der Waals surface area contributed by atoms with Gasteiger partial charge < -0.3 is 9.64 Å². The van der Waals surface area contributed by atoms with Crippen molar-refractivity contribution < 1.29 is 14.3 Å². The van der Waals surface area contributed by atoms with Crippen LogP contribution in [0.15, 0.2) is 42.6 Å². The number of aryl methyl sites for hydroxylation is 1. The van der Waals surface area contributed by atoms with Crippen LogP contribution in [0.25, 0.3) is 0 Å². The smallest absolute Gasteiger partial charge is 0.410 e. The molecule has 2 aromatic rings. The van der Waals surface area contributed by atoms with E-state index in [1.807, 2.05) is 41.3 Å². The van der Waals surface area contributed by atoms with Gasteiger partial charge in [-0.1, -0.05) is 30.3 Å². The zero-order valence-corrected chi connectivity index (χ0v) is 17.1. The van der Waals surface area contributed by atoms with Crippen LogP contribution in [0.2, 0.25) is 0 Å². The van der Waals surface area contributed by atoms with Crippen LogP contribution in [-0.2, 0) is 11.3 Å². The van der Waals surface area contributed by atoms with Crippen LogP contribution in [0.4, 0.5) is 4.79 Å².